The van der Waals surface area contributed by atoms with Crippen molar-refractivity contribution in [2.45, 2.75) is 30.6 Å². The highest BCUT2D eigenvalue weighted by atomic mass is 35.5. The lowest BCUT2D eigenvalue weighted by Gasteiger charge is -2.14. The van der Waals surface area contributed by atoms with Gasteiger partial charge in [-0.2, -0.15) is 0 Å². The Hall–Kier alpha value is -1.35. The van der Waals surface area contributed by atoms with E-state index in [1.54, 1.807) is 0 Å². The zero-order valence-corrected chi connectivity index (χ0v) is 10.2. The molecular formula is C13H14ClN3. The van der Waals surface area contributed by atoms with Crippen LogP contribution in [0.5, 0.6) is 0 Å². The lowest BCUT2D eigenvalue weighted by Crippen LogP contribution is -2.11. The standard InChI is InChI=1S/C13H14ClN3/c14-12-8-4-7-11(12)13-9-15-16-17(13)10-5-2-1-3-6-10/h1-3,5-6,9,11-12H,4,7-8H2. The van der Waals surface area contributed by atoms with Crippen LogP contribution in [0.3, 0.4) is 0 Å². The van der Waals surface area contributed by atoms with Gasteiger partial charge < -0.3 is 0 Å². The Kier molecular flexibility index (Phi) is 2.85. The monoisotopic (exact) mass is 247 g/mol. The SMILES string of the molecule is ClC1CCCC1c1cnnn1-c1ccccc1. The van der Waals surface area contributed by atoms with Crippen LogP contribution in [0.15, 0.2) is 36.5 Å². The summed E-state index contributed by atoms with van der Waals surface area (Å²) >= 11 is 6.36. The van der Waals surface area contributed by atoms with Gasteiger partial charge in [-0.15, -0.1) is 16.7 Å². The van der Waals surface area contributed by atoms with E-state index in [2.05, 4.69) is 10.3 Å². The fourth-order valence-electron chi connectivity index (χ4n) is 2.51. The number of para-hydroxylation sites is 1. The van der Waals surface area contributed by atoms with Crippen LogP contribution in [0.2, 0.25) is 0 Å². The van der Waals surface area contributed by atoms with Crippen molar-refractivity contribution in [3.63, 3.8) is 0 Å². The number of benzene rings is 1. The molecule has 0 aliphatic heterocycles. The van der Waals surface area contributed by atoms with E-state index in [1.165, 1.54) is 6.42 Å². The lowest BCUT2D eigenvalue weighted by molar-refractivity contribution is 0.654. The summed E-state index contributed by atoms with van der Waals surface area (Å²) in [5, 5.41) is 8.42. The molecule has 4 heteroatoms. The highest BCUT2D eigenvalue weighted by Gasteiger charge is 2.30. The van der Waals surface area contributed by atoms with Gasteiger partial charge in [0.25, 0.3) is 0 Å². The fourth-order valence-corrected chi connectivity index (χ4v) is 2.92. The average Bonchev–Trinajstić information content (AvgIpc) is 2.98. The van der Waals surface area contributed by atoms with Crippen molar-refractivity contribution in [2.24, 2.45) is 0 Å². The van der Waals surface area contributed by atoms with E-state index in [1.807, 2.05) is 41.2 Å². The van der Waals surface area contributed by atoms with Crippen LogP contribution >= 0.6 is 11.6 Å². The third-order valence-corrected chi connectivity index (χ3v) is 3.91. The molecule has 0 N–H and O–H groups in total. The van der Waals surface area contributed by atoms with E-state index in [4.69, 9.17) is 11.6 Å². The van der Waals surface area contributed by atoms with E-state index < -0.39 is 0 Å². The third kappa shape index (κ3) is 1.95. The first kappa shape index (κ1) is 10.8. The number of nitrogens with zero attached hydrogens (tertiary/aromatic N) is 3. The minimum Gasteiger partial charge on any atom is -0.217 e. The normalized spacial score (nSPS) is 24.1. The summed E-state index contributed by atoms with van der Waals surface area (Å²) in [6.07, 6.45) is 5.26. The highest BCUT2D eigenvalue weighted by molar-refractivity contribution is 6.21. The van der Waals surface area contributed by atoms with Crippen molar-refractivity contribution in [1.29, 1.82) is 0 Å². The second kappa shape index (κ2) is 4.49. The van der Waals surface area contributed by atoms with Crippen molar-refractivity contribution in [3.05, 3.63) is 42.2 Å². The van der Waals surface area contributed by atoms with Gasteiger partial charge in [-0.1, -0.05) is 29.8 Å². The molecule has 1 aromatic heterocycles. The molecule has 1 aliphatic carbocycles. The van der Waals surface area contributed by atoms with Gasteiger partial charge in [-0.05, 0) is 25.0 Å². The Morgan fingerprint density at radius 2 is 2.00 bits per heavy atom. The van der Waals surface area contributed by atoms with Gasteiger partial charge in [0, 0.05) is 11.3 Å². The highest BCUT2D eigenvalue weighted by Crippen LogP contribution is 2.38. The minimum absolute atomic E-state index is 0.218. The summed E-state index contributed by atoms with van der Waals surface area (Å²) in [5.74, 6) is 0.381. The zero-order chi connectivity index (χ0) is 11.7. The van der Waals surface area contributed by atoms with Crippen LogP contribution in [-0.2, 0) is 0 Å². The predicted molar refractivity (Wildman–Crippen MR) is 67.6 cm³/mol. The first-order valence-electron chi connectivity index (χ1n) is 5.96. The first-order valence-corrected chi connectivity index (χ1v) is 6.40. The molecule has 0 amide bonds. The van der Waals surface area contributed by atoms with E-state index >= 15 is 0 Å². The number of aromatic nitrogens is 3. The maximum atomic E-state index is 6.36. The average molecular weight is 248 g/mol. The number of hydrogen-bond acceptors (Lipinski definition) is 2. The van der Waals surface area contributed by atoms with Gasteiger partial charge in [0.05, 0.1) is 17.6 Å². The third-order valence-electron chi connectivity index (χ3n) is 3.39. The molecule has 1 fully saturated rings. The van der Waals surface area contributed by atoms with Crippen LogP contribution in [0.1, 0.15) is 30.9 Å². The molecule has 2 aromatic rings. The molecule has 1 saturated carbocycles. The summed E-state index contributed by atoms with van der Waals surface area (Å²) in [6.45, 7) is 0. The van der Waals surface area contributed by atoms with E-state index in [0.29, 0.717) is 5.92 Å². The number of rotatable bonds is 2. The summed E-state index contributed by atoms with van der Waals surface area (Å²) in [4.78, 5) is 0. The van der Waals surface area contributed by atoms with Crippen LogP contribution < -0.4 is 0 Å². The molecule has 3 rings (SSSR count). The molecular weight excluding hydrogens is 234 g/mol. The maximum absolute atomic E-state index is 6.36. The summed E-state index contributed by atoms with van der Waals surface area (Å²) in [7, 11) is 0. The van der Waals surface area contributed by atoms with Gasteiger partial charge >= 0.3 is 0 Å². The van der Waals surface area contributed by atoms with E-state index in [0.717, 1.165) is 24.2 Å². The molecule has 1 aliphatic rings. The molecule has 2 unspecified atom stereocenters. The van der Waals surface area contributed by atoms with Crippen LogP contribution in [0.4, 0.5) is 0 Å². The summed E-state index contributed by atoms with van der Waals surface area (Å²) in [6, 6.07) is 10.1. The number of alkyl halides is 1. The molecule has 3 nitrogen and oxygen atoms in total. The molecule has 0 bridgehead atoms. The van der Waals surface area contributed by atoms with Gasteiger partial charge in [0.2, 0.25) is 0 Å². The molecule has 0 spiro atoms. The number of halogens is 1. The van der Waals surface area contributed by atoms with Gasteiger partial charge in [-0.25, -0.2) is 4.68 Å². The molecule has 2 atom stereocenters. The Balaban J connectivity index is 2.00. The van der Waals surface area contributed by atoms with Crippen LogP contribution in [-0.4, -0.2) is 20.4 Å². The van der Waals surface area contributed by atoms with Gasteiger partial charge in [0.15, 0.2) is 0 Å². The first-order chi connectivity index (χ1) is 8.36. The molecule has 88 valence electrons. The summed E-state index contributed by atoms with van der Waals surface area (Å²) < 4.78 is 1.91. The fraction of sp³-hybridized carbons (Fsp3) is 0.385. The Bertz CT molecular complexity index is 494. The van der Waals surface area contributed by atoms with E-state index in [-0.39, 0.29) is 5.38 Å². The van der Waals surface area contributed by atoms with E-state index in [9.17, 15) is 0 Å². The van der Waals surface area contributed by atoms with Crippen LogP contribution in [0, 0.1) is 0 Å². The Morgan fingerprint density at radius 1 is 1.18 bits per heavy atom. The lowest BCUT2D eigenvalue weighted by atomic mass is 10.0. The molecule has 0 radical (unpaired) electrons. The Labute approximate surface area is 105 Å². The van der Waals surface area contributed by atoms with Crippen molar-refractivity contribution >= 4 is 11.6 Å². The quantitative estimate of drug-likeness (QED) is 0.764. The van der Waals surface area contributed by atoms with Crippen molar-refractivity contribution in [2.75, 3.05) is 0 Å². The van der Waals surface area contributed by atoms with Crippen LogP contribution in [0.25, 0.3) is 5.69 Å². The van der Waals surface area contributed by atoms with Crippen molar-refractivity contribution < 1.29 is 0 Å². The topological polar surface area (TPSA) is 30.7 Å². The zero-order valence-electron chi connectivity index (χ0n) is 9.46. The largest absolute Gasteiger partial charge is 0.217 e. The smallest absolute Gasteiger partial charge is 0.0733 e. The van der Waals surface area contributed by atoms with Crippen molar-refractivity contribution in [1.82, 2.24) is 15.0 Å². The Morgan fingerprint density at radius 3 is 2.71 bits per heavy atom. The second-order valence-electron chi connectivity index (χ2n) is 4.46. The maximum Gasteiger partial charge on any atom is 0.0733 e. The number of hydrogen-bond donors (Lipinski definition) is 0. The molecule has 17 heavy (non-hydrogen) atoms. The molecule has 0 saturated heterocycles. The summed E-state index contributed by atoms with van der Waals surface area (Å²) in [5.41, 5.74) is 2.18. The van der Waals surface area contributed by atoms with Crippen molar-refractivity contribution in [3.8, 4) is 5.69 Å². The molecule has 1 aromatic carbocycles. The predicted octanol–water partition coefficient (Wildman–Crippen LogP) is 3.14. The second-order valence-corrected chi connectivity index (χ2v) is 5.02. The van der Waals surface area contributed by atoms with Gasteiger partial charge in [-0.3, -0.25) is 0 Å². The van der Waals surface area contributed by atoms with Gasteiger partial charge in [0.1, 0.15) is 0 Å². The molecule has 1 heterocycles. The minimum atomic E-state index is 0.218.